The number of rotatable bonds is 6. The van der Waals surface area contributed by atoms with Gasteiger partial charge in [0.05, 0.1) is 5.75 Å². The lowest BCUT2D eigenvalue weighted by molar-refractivity contribution is -0.104. The van der Waals surface area contributed by atoms with Crippen LogP contribution in [0.25, 0.3) is 0 Å². The Balaban J connectivity index is 3.00. The zero-order valence-corrected chi connectivity index (χ0v) is 12.1. The van der Waals surface area contributed by atoms with E-state index in [1.807, 2.05) is 6.07 Å². The molecule has 19 heavy (non-hydrogen) atoms. The Morgan fingerprint density at radius 3 is 2.21 bits per heavy atom. The quantitative estimate of drug-likeness (QED) is 0.578. The lowest BCUT2D eigenvalue weighted by Gasteiger charge is -2.27. The predicted molar refractivity (Wildman–Crippen MR) is 74.7 cm³/mol. The molecular weight excluding hydrogens is 264 g/mol. The summed E-state index contributed by atoms with van der Waals surface area (Å²) in [5.74, 6) is 0.222. The molecule has 1 rings (SSSR count). The van der Waals surface area contributed by atoms with Crippen LogP contribution in [0.4, 0.5) is 0 Å². The van der Waals surface area contributed by atoms with Crippen LogP contribution in [0, 0.1) is 0 Å². The van der Waals surface area contributed by atoms with Crippen LogP contribution in [0.15, 0.2) is 42.2 Å². The van der Waals surface area contributed by atoms with Gasteiger partial charge in [-0.15, -0.1) is 0 Å². The van der Waals surface area contributed by atoms with Crippen molar-refractivity contribution >= 4 is 16.3 Å². The van der Waals surface area contributed by atoms with Crippen molar-refractivity contribution in [3.63, 3.8) is 0 Å². The lowest BCUT2D eigenvalue weighted by Crippen LogP contribution is -2.34. The Kier molecular flexibility index (Phi) is 5.11. The van der Waals surface area contributed by atoms with Crippen molar-refractivity contribution < 1.29 is 13.2 Å². The molecule has 6 heteroatoms. The fourth-order valence-electron chi connectivity index (χ4n) is 1.62. The summed E-state index contributed by atoms with van der Waals surface area (Å²) in [6, 6.07) is 8.92. The normalized spacial score (nSPS) is 12.1. The topological polar surface area (TPSA) is 57.7 Å². The van der Waals surface area contributed by atoms with Gasteiger partial charge < -0.3 is 4.90 Å². The van der Waals surface area contributed by atoms with Crippen LogP contribution in [-0.4, -0.2) is 45.1 Å². The molecule has 1 aromatic rings. The molecule has 0 aliphatic heterocycles. The van der Waals surface area contributed by atoms with Gasteiger partial charge in [0.2, 0.25) is 10.0 Å². The Morgan fingerprint density at radius 2 is 1.74 bits per heavy atom. The van der Waals surface area contributed by atoms with Crippen molar-refractivity contribution in [1.29, 1.82) is 0 Å². The first-order valence-corrected chi connectivity index (χ1v) is 7.32. The van der Waals surface area contributed by atoms with Gasteiger partial charge in [-0.05, 0) is 5.56 Å². The largest absolute Gasteiger partial charge is 0.364 e. The van der Waals surface area contributed by atoms with E-state index in [-0.39, 0.29) is 5.75 Å². The fraction of sp³-hybridized carbons (Fsp3) is 0.308. The van der Waals surface area contributed by atoms with Crippen molar-refractivity contribution in [2.45, 2.75) is 5.75 Å². The molecule has 1 aromatic carbocycles. The van der Waals surface area contributed by atoms with Crippen molar-refractivity contribution in [2.24, 2.45) is 0 Å². The molecule has 0 radical (unpaired) electrons. The number of hydrogen-bond donors (Lipinski definition) is 0. The van der Waals surface area contributed by atoms with E-state index in [4.69, 9.17) is 0 Å². The summed E-state index contributed by atoms with van der Waals surface area (Å²) < 4.78 is 25.6. The molecule has 0 N–H and O–H groups in total. The van der Waals surface area contributed by atoms with E-state index in [1.165, 1.54) is 13.1 Å². The molecular formula is C13H18N2O3S. The van der Waals surface area contributed by atoms with E-state index in [2.05, 4.69) is 0 Å². The van der Waals surface area contributed by atoms with Crippen molar-refractivity contribution in [2.75, 3.05) is 21.1 Å². The molecule has 0 aliphatic carbocycles. The van der Waals surface area contributed by atoms with E-state index in [9.17, 15) is 13.2 Å². The summed E-state index contributed by atoms with van der Waals surface area (Å²) in [4.78, 5) is 12.2. The second-order valence-corrected chi connectivity index (χ2v) is 6.26. The number of sulfonamides is 1. The maximum absolute atomic E-state index is 12.3. The minimum absolute atomic E-state index is 0.103. The van der Waals surface area contributed by atoms with E-state index in [0.29, 0.717) is 17.7 Å². The highest BCUT2D eigenvalue weighted by molar-refractivity contribution is 7.88. The molecule has 0 amide bonds. The van der Waals surface area contributed by atoms with Gasteiger partial charge in [0.25, 0.3) is 0 Å². The molecule has 0 unspecified atom stereocenters. The zero-order chi connectivity index (χ0) is 14.5. The number of carbonyl (C=O) groups excluding carboxylic acids is 1. The van der Waals surface area contributed by atoms with E-state index >= 15 is 0 Å². The lowest BCUT2D eigenvalue weighted by atomic mass is 10.2. The van der Waals surface area contributed by atoms with E-state index in [1.54, 1.807) is 43.3 Å². The van der Waals surface area contributed by atoms with Gasteiger partial charge in [0.15, 0.2) is 0 Å². The Morgan fingerprint density at radius 1 is 1.16 bits per heavy atom. The number of nitrogens with zero attached hydrogens (tertiary/aromatic N) is 2. The molecule has 104 valence electrons. The second-order valence-electron chi connectivity index (χ2n) is 4.26. The highest BCUT2D eigenvalue weighted by atomic mass is 32.2. The summed E-state index contributed by atoms with van der Waals surface area (Å²) >= 11 is 0. The monoisotopic (exact) mass is 282 g/mol. The third-order valence-corrected chi connectivity index (χ3v) is 4.33. The average Bonchev–Trinajstić information content (AvgIpc) is 2.35. The van der Waals surface area contributed by atoms with Crippen LogP contribution >= 0.6 is 0 Å². The van der Waals surface area contributed by atoms with Gasteiger partial charge in [-0.2, -0.15) is 0 Å². The van der Waals surface area contributed by atoms with E-state index < -0.39 is 10.0 Å². The standard InChI is InChI=1S/C13H18N2O3S/c1-14(2)13(9-10-16)15(3)19(17,18)11-12-7-5-4-6-8-12/h4-10H,11H2,1-3H3. The third-order valence-electron chi connectivity index (χ3n) is 2.61. The van der Waals surface area contributed by atoms with Gasteiger partial charge >= 0.3 is 0 Å². The molecule has 0 heterocycles. The SMILES string of the molecule is CN(C)C(=CC=O)N(C)S(=O)(=O)Cc1ccccc1. The highest BCUT2D eigenvalue weighted by Crippen LogP contribution is 2.15. The van der Waals surface area contributed by atoms with Crippen LogP contribution in [0.3, 0.4) is 0 Å². The van der Waals surface area contributed by atoms with Gasteiger partial charge in [-0.3, -0.25) is 9.10 Å². The average molecular weight is 282 g/mol. The Bertz CT molecular complexity index is 551. The van der Waals surface area contributed by atoms with Crippen LogP contribution in [0.2, 0.25) is 0 Å². The van der Waals surface area contributed by atoms with Gasteiger partial charge in [-0.1, -0.05) is 30.3 Å². The minimum atomic E-state index is -3.52. The third kappa shape index (κ3) is 4.10. The van der Waals surface area contributed by atoms with Gasteiger partial charge in [-0.25, -0.2) is 8.42 Å². The van der Waals surface area contributed by atoms with Crippen LogP contribution in [-0.2, 0) is 20.6 Å². The summed E-state index contributed by atoms with van der Waals surface area (Å²) in [6.07, 6.45) is 1.80. The first-order chi connectivity index (χ1) is 8.88. The molecule has 0 aromatic heterocycles. The second kappa shape index (κ2) is 6.38. The number of hydrogen-bond acceptors (Lipinski definition) is 4. The molecule has 0 spiro atoms. The molecule has 0 saturated carbocycles. The van der Waals surface area contributed by atoms with Gasteiger partial charge in [0.1, 0.15) is 12.1 Å². The predicted octanol–water partition coefficient (Wildman–Crippen LogP) is 1.05. The van der Waals surface area contributed by atoms with Crippen molar-refractivity contribution in [1.82, 2.24) is 9.21 Å². The zero-order valence-electron chi connectivity index (χ0n) is 11.3. The van der Waals surface area contributed by atoms with Crippen molar-refractivity contribution in [3.05, 3.63) is 47.8 Å². The molecule has 5 nitrogen and oxygen atoms in total. The Labute approximate surface area is 114 Å². The van der Waals surface area contributed by atoms with Gasteiger partial charge in [0, 0.05) is 27.2 Å². The number of benzene rings is 1. The maximum Gasteiger partial charge on any atom is 0.240 e. The molecule has 0 atom stereocenters. The number of allylic oxidation sites excluding steroid dienone is 1. The molecule has 0 fully saturated rings. The first-order valence-electron chi connectivity index (χ1n) is 5.72. The van der Waals surface area contributed by atoms with Crippen LogP contribution in [0.1, 0.15) is 5.56 Å². The number of carbonyl (C=O) groups is 1. The highest BCUT2D eigenvalue weighted by Gasteiger charge is 2.21. The summed E-state index contributed by atoms with van der Waals surface area (Å²) in [5, 5.41) is 0. The maximum atomic E-state index is 12.3. The summed E-state index contributed by atoms with van der Waals surface area (Å²) in [5.41, 5.74) is 0.707. The molecule has 0 saturated heterocycles. The number of aldehydes is 1. The fourth-order valence-corrected chi connectivity index (χ4v) is 2.94. The molecule has 0 bridgehead atoms. The first kappa shape index (κ1) is 15.2. The summed E-state index contributed by atoms with van der Waals surface area (Å²) in [6.45, 7) is 0. The van der Waals surface area contributed by atoms with Crippen LogP contribution in [0.5, 0.6) is 0 Å². The summed E-state index contributed by atoms with van der Waals surface area (Å²) in [7, 11) is 1.29. The van der Waals surface area contributed by atoms with E-state index in [0.717, 1.165) is 4.31 Å². The smallest absolute Gasteiger partial charge is 0.240 e. The molecule has 0 aliphatic rings. The Hall–Kier alpha value is -1.82. The van der Waals surface area contributed by atoms with Crippen molar-refractivity contribution in [3.8, 4) is 0 Å². The minimum Gasteiger partial charge on any atom is -0.364 e. The van der Waals surface area contributed by atoms with Crippen LogP contribution < -0.4 is 0 Å².